The minimum Gasteiger partial charge on any atom is -0.460 e. The van der Waals surface area contributed by atoms with E-state index >= 15 is 0 Å². The van der Waals surface area contributed by atoms with Gasteiger partial charge in [0.15, 0.2) is 0 Å². The van der Waals surface area contributed by atoms with Gasteiger partial charge in [-0.05, 0) is 32.6 Å². The summed E-state index contributed by atoms with van der Waals surface area (Å²) in [6.07, 6.45) is 15.7. The quantitative estimate of drug-likeness (QED) is 0.583. The van der Waals surface area contributed by atoms with Crippen molar-refractivity contribution in [2.24, 2.45) is 0 Å². The van der Waals surface area contributed by atoms with Crippen molar-refractivity contribution >= 4 is 5.97 Å². The van der Waals surface area contributed by atoms with E-state index in [9.17, 15) is 4.79 Å². The van der Waals surface area contributed by atoms with E-state index in [1.54, 1.807) is 6.08 Å². The number of allylic oxidation sites excluding steroid dienone is 3. The molecule has 0 saturated heterocycles. The molecule has 0 saturated carbocycles. The zero-order chi connectivity index (χ0) is 11.6. The van der Waals surface area contributed by atoms with Gasteiger partial charge in [0.2, 0.25) is 0 Å². The Morgan fingerprint density at radius 1 is 1.12 bits per heavy atom. The zero-order valence-electron chi connectivity index (χ0n) is 10.2. The summed E-state index contributed by atoms with van der Waals surface area (Å²) in [5.41, 5.74) is 0. The van der Waals surface area contributed by atoms with Gasteiger partial charge in [-0.25, -0.2) is 4.79 Å². The van der Waals surface area contributed by atoms with E-state index in [4.69, 9.17) is 4.74 Å². The first kappa shape index (κ1) is 13.0. The number of rotatable bonds is 0. The number of ether oxygens (including phenoxy) is 1. The molecule has 0 radical (unpaired) electrons. The molecule has 0 fully saturated rings. The van der Waals surface area contributed by atoms with Gasteiger partial charge < -0.3 is 4.74 Å². The third kappa shape index (κ3) is 6.44. The molecular weight excluding hydrogens is 200 g/mol. The third-order valence-electron chi connectivity index (χ3n) is 2.78. The van der Waals surface area contributed by atoms with Crippen LogP contribution in [0.3, 0.4) is 0 Å². The van der Waals surface area contributed by atoms with Crippen molar-refractivity contribution in [3.8, 4) is 0 Å². The third-order valence-corrected chi connectivity index (χ3v) is 2.78. The Kier molecular flexibility index (Phi) is 6.62. The van der Waals surface area contributed by atoms with E-state index in [2.05, 4.69) is 6.08 Å². The Morgan fingerprint density at radius 3 is 2.75 bits per heavy atom. The van der Waals surface area contributed by atoms with E-state index in [0.29, 0.717) is 0 Å². The predicted molar refractivity (Wildman–Crippen MR) is 66.2 cm³/mol. The van der Waals surface area contributed by atoms with Crippen molar-refractivity contribution in [2.75, 3.05) is 0 Å². The summed E-state index contributed by atoms with van der Waals surface area (Å²) in [5.74, 6) is -0.228. The second-order valence-corrected chi connectivity index (χ2v) is 4.38. The highest BCUT2D eigenvalue weighted by Crippen LogP contribution is 2.11. The van der Waals surface area contributed by atoms with Crippen LogP contribution in [0.15, 0.2) is 24.3 Å². The molecule has 1 unspecified atom stereocenters. The van der Waals surface area contributed by atoms with Gasteiger partial charge in [0.05, 0.1) is 6.10 Å². The molecule has 0 aromatic rings. The van der Waals surface area contributed by atoms with Crippen molar-refractivity contribution < 1.29 is 9.53 Å². The molecule has 90 valence electrons. The molecular formula is C14H22O2. The van der Waals surface area contributed by atoms with Crippen LogP contribution >= 0.6 is 0 Å². The van der Waals surface area contributed by atoms with Gasteiger partial charge in [-0.1, -0.05) is 37.5 Å². The highest BCUT2D eigenvalue weighted by atomic mass is 16.5. The highest BCUT2D eigenvalue weighted by Gasteiger charge is 2.06. The fourth-order valence-corrected chi connectivity index (χ4v) is 1.83. The first-order valence-corrected chi connectivity index (χ1v) is 6.33. The molecule has 1 heterocycles. The topological polar surface area (TPSA) is 26.3 Å². The molecule has 0 N–H and O–H groups in total. The van der Waals surface area contributed by atoms with Crippen LogP contribution in [0.2, 0.25) is 0 Å². The molecule has 1 aliphatic rings. The smallest absolute Gasteiger partial charge is 0.331 e. The number of hydrogen-bond acceptors (Lipinski definition) is 2. The lowest BCUT2D eigenvalue weighted by atomic mass is 10.1. The van der Waals surface area contributed by atoms with Crippen LogP contribution < -0.4 is 0 Å². The Morgan fingerprint density at radius 2 is 1.88 bits per heavy atom. The predicted octanol–water partition coefficient (Wildman–Crippen LogP) is 3.77. The van der Waals surface area contributed by atoms with Crippen LogP contribution in [0.4, 0.5) is 0 Å². The average molecular weight is 222 g/mol. The lowest BCUT2D eigenvalue weighted by Crippen LogP contribution is -2.12. The van der Waals surface area contributed by atoms with Gasteiger partial charge in [0, 0.05) is 6.08 Å². The van der Waals surface area contributed by atoms with Crippen LogP contribution in [-0.4, -0.2) is 12.1 Å². The molecule has 2 nitrogen and oxygen atoms in total. The maximum Gasteiger partial charge on any atom is 0.331 e. The minimum absolute atomic E-state index is 0.0454. The summed E-state index contributed by atoms with van der Waals surface area (Å²) in [6.45, 7) is 1.97. The molecule has 0 aromatic carbocycles. The molecule has 1 rings (SSSR count). The first-order valence-electron chi connectivity index (χ1n) is 6.33. The molecule has 16 heavy (non-hydrogen) atoms. The Bertz CT molecular complexity index is 253. The van der Waals surface area contributed by atoms with Crippen LogP contribution in [-0.2, 0) is 9.53 Å². The first-order chi connectivity index (χ1) is 7.79. The van der Waals surface area contributed by atoms with Crippen LogP contribution in [0.5, 0.6) is 0 Å². The molecule has 2 heteroatoms. The fourth-order valence-electron chi connectivity index (χ4n) is 1.83. The van der Waals surface area contributed by atoms with Crippen LogP contribution in [0.1, 0.15) is 51.9 Å². The number of cyclic esters (lactones) is 1. The Hall–Kier alpha value is -1.05. The number of hydrogen-bond donors (Lipinski definition) is 0. The monoisotopic (exact) mass is 222 g/mol. The summed E-state index contributed by atoms with van der Waals surface area (Å²) in [5, 5.41) is 0. The largest absolute Gasteiger partial charge is 0.460 e. The van der Waals surface area contributed by atoms with Crippen molar-refractivity contribution in [3.05, 3.63) is 24.3 Å². The Balaban J connectivity index is 2.42. The molecule has 0 aromatic heterocycles. The molecule has 1 aliphatic heterocycles. The second-order valence-electron chi connectivity index (χ2n) is 4.38. The second kappa shape index (κ2) is 8.14. The van der Waals surface area contributed by atoms with E-state index in [1.807, 2.05) is 13.0 Å². The van der Waals surface area contributed by atoms with Crippen molar-refractivity contribution in [1.82, 2.24) is 0 Å². The summed E-state index contributed by atoms with van der Waals surface area (Å²) < 4.78 is 5.24. The standard InChI is InChI=1S/C14H22O2/c1-13-11-9-7-5-3-2-4-6-8-10-12-14(15)16-13/h6,8,10,12-13H,2-5,7,9,11H2,1H3. The van der Waals surface area contributed by atoms with Gasteiger partial charge >= 0.3 is 5.97 Å². The van der Waals surface area contributed by atoms with Crippen molar-refractivity contribution in [2.45, 2.75) is 58.0 Å². The van der Waals surface area contributed by atoms with Gasteiger partial charge in [0.1, 0.15) is 0 Å². The van der Waals surface area contributed by atoms with Crippen LogP contribution in [0, 0.1) is 0 Å². The molecule has 0 bridgehead atoms. The summed E-state index contributed by atoms with van der Waals surface area (Å²) in [7, 11) is 0. The van der Waals surface area contributed by atoms with Gasteiger partial charge in [0.25, 0.3) is 0 Å². The molecule has 0 spiro atoms. The van der Waals surface area contributed by atoms with E-state index in [-0.39, 0.29) is 12.1 Å². The van der Waals surface area contributed by atoms with E-state index < -0.39 is 0 Å². The fraction of sp³-hybridized carbons (Fsp3) is 0.643. The Labute approximate surface area is 98.4 Å². The van der Waals surface area contributed by atoms with Crippen LogP contribution in [0.25, 0.3) is 0 Å². The lowest BCUT2D eigenvalue weighted by molar-refractivity contribution is -0.142. The number of carbonyl (C=O) groups excluding carboxylic acids is 1. The highest BCUT2D eigenvalue weighted by molar-refractivity contribution is 5.82. The molecule has 1 atom stereocenters. The SMILES string of the molecule is CC1CCCCCCCC=CC=CC(=O)O1. The van der Waals surface area contributed by atoms with E-state index in [1.165, 1.54) is 31.8 Å². The number of carbonyl (C=O) groups is 1. The maximum absolute atomic E-state index is 11.3. The maximum atomic E-state index is 11.3. The zero-order valence-corrected chi connectivity index (χ0v) is 10.2. The van der Waals surface area contributed by atoms with Crippen molar-refractivity contribution in [1.29, 1.82) is 0 Å². The van der Waals surface area contributed by atoms with E-state index in [0.717, 1.165) is 19.3 Å². The van der Waals surface area contributed by atoms with Crippen molar-refractivity contribution in [3.63, 3.8) is 0 Å². The average Bonchev–Trinajstić information content (AvgIpc) is 2.25. The summed E-state index contributed by atoms with van der Waals surface area (Å²) in [4.78, 5) is 11.3. The molecule has 0 amide bonds. The molecule has 0 aliphatic carbocycles. The lowest BCUT2D eigenvalue weighted by Gasteiger charge is -2.11. The summed E-state index contributed by atoms with van der Waals surface area (Å²) in [6, 6.07) is 0. The summed E-state index contributed by atoms with van der Waals surface area (Å²) >= 11 is 0. The van der Waals surface area contributed by atoms with Gasteiger partial charge in [-0.15, -0.1) is 0 Å². The minimum atomic E-state index is -0.228. The van der Waals surface area contributed by atoms with Gasteiger partial charge in [-0.2, -0.15) is 0 Å². The normalized spacial score (nSPS) is 24.8. The van der Waals surface area contributed by atoms with Gasteiger partial charge in [-0.3, -0.25) is 0 Å². The number of esters is 1.